The minimum absolute atomic E-state index is 0.0312. The van der Waals surface area contributed by atoms with Gasteiger partial charge in [-0.3, -0.25) is 10.3 Å². The number of benzene rings is 1. The molecular weight excluding hydrogens is 318 g/mol. The summed E-state index contributed by atoms with van der Waals surface area (Å²) in [6.45, 7) is 7.51. The predicted octanol–water partition coefficient (Wildman–Crippen LogP) is 3.11. The summed E-state index contributed by atoms with van der Waals surface area (Å²) in [5.41, 5.74) is 1.57. The van der Waals surface area contributed by atoms with Gasteiger partial charge in [0.2, 0.25) is 0 Å². The van der Waals surface area contributed by atoms with Gasteiger partial charge in [0, 0.05) is 17.7 Å². The number of hydrogen-bond donors (Lipinski definition) is 2. The van der Waals surface area contributed by atoms with Crippen LogP contribution in [0, 0.1) is 0 Å². The number of nitrogens with two attached hydrogens (primary N) is 1. The van der Waals surface area contributed by atoms with Gasteiger partial charge >= 0.3 is 0 Å². The fourth-order valence-corrected chi connectivity index (χ4v) is 3.45. The highest BCUT2D eigenvalue weighted by Gasteiger charge is 2.47. The third-order valence-electron chi connectivity index (χ3n) is 4.71. The van der Waals surface area contributed by atoms with E-state index in [2.05, 4.69) is 47.5 Å². The summed E-state index contributed by atoms with van der Waals surface area (Å²) >= 11 is 0. The zero-order chi connectivity index (χ0) is 17.9. The molecule has 0 radical (unpaired) electrons. The molecule has 0 aromatic heterocycles. The third-order valence-corrected chi connectivity index (χ3v) is 4.71. The van der Waals surface area contributed by atoms with Gasteiger partial charge in [-0.05, 0) is 38.5 Å². The van der Waals surface area contributed by atoms with E-state index in [9.17, 15) is 0 Å². The summed E-state index contributed by atoms with van der Waals surface area (Å²) in [7, 11) is 0. The average Bonchev–Trinajstić information content (AvgIpc) is 3.08. The molecule has 136 valence electrons. The molecule has 25 heavy (non-hydrogen) atoms. The van der Waals surface area contributed by atoms with E-state index in [-0.39, 0.29) is 17.7 Å². The molecule has 2 atom stereocenters. The molecule has 3 N–H and O–H groups in total. The number of hydrogen-bond acceptors (Lipinski definition) is 5. The summed E-state index contributed by atoms with van der Waals surface area (Å²) < 4.78 is 12.0. The number of unbranched alkanes of at least 4 members (excludes halogenated alkanes) is 2. The maximum absolute atomic E-state index is 6.16. The van der Waals surface area contributed by atoms with Crippen molar-refractivity contribution in [1.82, 2.24) is 5.32 Å². The molecular formula is C18H27N5O2. The quantitative estimate of drug-likeness (QED) is 0.214. The van der Waals surface area contributed by atoms with Crippen LogP contribution in [-0.2, 0) is 4.74 Å². The topological polar surface area (TPSA) is 93.6 Å². The minimum Gasteiger partial charge on any atom is -0.485 e. The first-order chi connectivity index (χ1) is 12.1. The van der Waals surface area contributed by atoms with Crippen molar-refractivity contribution >= 4 is 5.84 Å². The number of fused-ring (bicyclic) bond motifs is 3. The van der Waals surface area contributed by atoms with E-state index in [1.807, 2.05) is 12.1 Å². The Bertz CT molecular complexity index is 671. The van der Waals surface area contributed by atoms with Gasteiger partial charge < -0.3 is 15.3 Å². The molecule has 3 rings (SSSR count). The van der Waals surface area contributed by atoms with Crippen molar-refractivity contribution in [3.05, 3.63) is 29.3 Å². The van der Waals surface area contributed by atoms with Crippen LogP contribution in [0.3, 0.4) is 0 Å². The fourth-order valence-electron chi connectivity index (χ4n) is 3.45. The van der Waals surface area contributed by atoms with Crippen LogP contribution in [0.25, 0.3) is 0 Å². The molecule has 0 spiro atoms. The van der Waals surface area contributed by atoms with Crippen molar-refractivity contribution in [2.24, 2.45) is 21.2 Å². The van der Waals surface area contributed by atoms with E-state index in [0.29, 0.717) is 12.6 Å². The van der Waals surface area contributed by atoms with Crippen molar-refractivity contribution in [2.45, 2.75) is 57.8 Å². The molecule has 0 aliphatic carbocycles. The highest BCUT2D eigenvalue weighted by molar-refractivity contribution is 5.99. The summed E-state index contributed by atoms with van der Waals surface area (Å²) in [5, 5.41) is 10.9. The molecule has 7 heteroatoms. The summed E-state index contributed by atoms with van der Waals surface area (Å²) in [4.78, 5) is 4.57. The average molecular weight is 345 g/mol. The number of ether oxygens (including phenoxy) is 2. The summed E-state index contributed by atoms with van der Waals surface area (Å²) in [6.07, 6.45) is 3.30. The highest BCUT2D eigenvalue weighted by Crippen LogP contribution is 2.43. The second kappa shape index (κ2) is 7.49. The van der Waals surface area contributed by atoms with Crippen LogP contribution in [0.1, 0.15) is 57.2 Å². The van der Waals surface area contributed by atoms with E-state index < -0.39 is 0 Å². The smallest absolute Gasteiger partial charge is 0.178 e. The Hall–Kier alpha value is -1.99. The molecule has 1 unspecified atom stereocenters. The second-order valence-corrected chi connectivity index (χ2v) is 7.00. The normalized spacial score (nSPS) is 24.8. The van der Waals surface area contributed by atoms with Crippen molar-refractivity contribution in [1.29, 1.82) is 0 Å². The lowest BCUT2D eigenvalue weighted by molar-refractivity contribution is -0.0607. The van der Waals surface area contributed by atoms with Gasteiger partial charge in [0.1, 0.15) is 17.5 Å². The number of nitrogens with zero attached hydrogens (tertiary/aromatic N) is 3. The van der Waals surface area contributed by atoms with Gasteiger partial charge in [0.05, 0.1) is 12.8 Å². The largest absolute Gasteiger partial charge is 0.485 e. The Labute approximate surface area is 148 Å². The van der Waals surface area contributed by atoms with Gasteiger partial charge in [-0.15, -0.1) is 5.11 Å². The Morgan fingerprint density at radius 3 is 2.96 bits per heavy atom. The van der Waals surface area contributed by atoms with Gasteiger partial charge in [-0.1, -0.05) is 25.0 Å². The predicted molar refractivity (Wildman–Crippen MR) is 96.7 cm³/mol. The van der Waals surface area contributed by atoms with Crippen LogP contribution in [0.5, 0.6) is 5.75 Å². The van der Waals surface area contributed by atoms with Crippen LogP contribution in [0.4, 0.5) is 0 Å². The fraction of sp³-hybridized carbons (Fsp3) is 0.611. The van der Waals surface area contributed by atoms with E-state index in [1.54, 1.807) is 0 Å². The molecule has 1 saturated heterocycles. The molecule has 1 aromatic rings. The van der Waals surface area contributed by atoms with Crippen molar-refractivity contribution in [3.63, 3.8) is 0 Å². The van der Waals surface area contributed by atoms with Crippen molar-refractivity contribution in [2.75, 3.05) is 13.3 Å². The number of aliphatic imine (C=N–C) groups is 1. The maximum Gasteiger partial charge on any atom is 0.178 e. The highest BCUT2D eigenvalue weighted by atomic mass is 16.6. The lowest BCUT2D eigenvalue weighted by Gasteiger charge is -2.40. The Kier molecular flexibility index (Phi) is 5.34. The van der Waals surface area contributed by atoms with Gasteiger partial charge in [0.15, 0.2) is 5.84 Å². The van der Waals surface area contributed by atoms with Gasteiger partial charge in [0.25, 0.3) is 0 Å². The molecule has 1 aromatic carbocycles. The van der Waals surface area contributed by atoms with Crippen molar-refractivity contribution < 1.29 is 9.47 Å². The number of amidine groups is 1. The molecule has 0 amide bonds. The van der Waals surface area contributed by atoms with Crippen LogP contribution in [0.15, 0.2) is 33.5 Å². The number of rotatable bonds is 5. The van der Waals surface area contributed by atoms with E-state index in [0.717, 1.165) is 42.7 Å². The summed E-state index contributed by atoms with van der Waals surface area (Å²) in [5.74, 6) is 6.70. The van der Waals surface area contributed by atoms with E-state index in [4.69, 9.17) is 15.3 Å². The van der Waals surface area contributed by atoms with Crippen molar-refractivity contribution in [3.8, 4) is 5.75 Å². The molecule has 2 heterocycles. The third kappa shape index (κ3) is 3.67. The Balaban J connectivity index is 1.90. The lowest BCUT2D eigenvalue weighted by atomic mass is 9.86. The molecule has 7 nitrogen and oxygen atoms in total. The second-order valence-electron chi connectivity index (χ2n) is 7.00. The van der Waals surface area contributed by atoms with E-state index >= 15 is 0 Å². The molecule has 2 aliphatic heterocycles. The Morgan fingerprint density at radius 1 is 1.36 bits per heavy atom. The van der Waals surface area contributed by atoms with Crippen LogP contribution < -0.4 is 15.9 Å². The SMILES string of the molecule is CCCCCN=C(N=NN)c1ccc2c(c1)C1NCO[C@@H]1C(C)(C)O2. The first-order valence-corrected chi connectivity index (χ1v) is 8.90. The monoisotopic (exact) mass is 345 g/mol. The minimum atomic E-state index is -0.378. The van der Waals surface area contributed by atoms with E-state index in [1.165, 1.54) is 0 Å². The molecule has 2 aliphatic rings. The lowest BCUT2D eigenvalue weighted by Crippen LogP contribution is -2.49. The standard InChI is InChI=1S/C18H27N5O2/c1-4-5-6-9-20-17(22-23-19)12-7-8-14-13(10-12)15-16(24-11-21-15)18(2,3)25-14/h7-8,10,15-16,21H,4-6,9,11H2,1-3H3,(H2,19,20,22)/t15?,16-/m0/s1. The molecule has 1 fully saturated rings. The van der Waals surface area contributed by atoms with Gasteiger partial charge in [-0.2, -0.15) is 0 Å². The summed E-state index contributed by atoms with van der Waals surface area (Å²) in [6, 6.07) is 6.07. The maximum atomic E-state index is 6.16. The molecule has 0 bridgehead atoms. The Morgan fingerprint density at radius 2 is 2.20 bits per heavy atom. The zero-order valence-electron chi connectivity index (χ0n) is 15.2. The zero-order valence-corrected chi connectivity index (χ0v) is 15.2. The van der Waals surface area contributed by atoms with Crippen LogP contribution in [-0.4, -0.2) is 30.8 Å². The van der Waals surface area contributed by atoms with Crippen LogP contribution >= 0.6 is 0 Å². The molecule has 0 saturated carbocycles. The number of nitrogens with one attached hydrogen (secondary N) is 1. The first-order valence-electron chi connectivity index (χ1n) is 8.90. The van der Waals surface area contributed by atoms with Gasteiger partial charge in [-0.25, -0.2) is 0 Å². The first kappa shape index (κ1) is 17.8. The van der Waals surface area contributed by atoms with Crippen LogP contribution in [0.2, 0.25) is 0 Å².